The fourth-order valence-electron chi connectivity index (χ4n) is 2.66. The van der Waals surface area contributed by atoms with Gasteiger partial charge in [0.15, 0.2) is 0 Å². The van der Waals surface area contributed by atoms with Gasteiger partial charge in [0.2, 0.25) is 0 Å². The van der Waals surface area contributed by atoms with Crippen LogP contribution in [0.1, 0.15) is 25.6 Å². The third-order valence-corrected chi connectivity index (χ3v) is 4.80. The molecule has 1 atom stereocenters. The summed E-state index contributed by atoms with van der Waals surface area (Å²) in [6.07, 6.45) is -6.33. The van der Waals surface area contributed by atoms with Crippen LogP contribution in [0.25, 0.3) is 11.1 Å². The van der Waals surface area contributed by atoms with E-state index in [0.717, 1.165) is 13.1 Å². The van der Waals surface area contributed by atoms with Gasteiger partial charge in [0.1, 0.15) is 23.9 Å². The molecular formula is C20H18Cl2F6N4O2. The van der Waals surface area contributed by atoms with Crippen molar-refractivity contribution in [3.63, 3.8) is 0 Å². The first-order chi connectivity index (χ1) is 15.7. The van der Waals surface area contributed by atoms with E-state index in [4.69, 9.17) is 27.9 Å². The highest BCUT2D eigenvalue weighted by Gasteiger charge is 2.33. The molecule has 0 spiro atoms. The Hall–Kier alpha value is -2.73. The molecule has 34 heavy (non-hydrogen) atoms. The number of hydrogen-bond acceptors (Lipinski definition) is 4. The Balaban J connectivity index is 2.28. The predicted octanol–water partition coefficient (Wildman–Crippen LogP) is 6.48. The van der Waals surface area contributed by atoms with Crippen molar-refractivity contribution in [1.29, 1.82) is 0 Å². The summed E-state index contributed by atoms with van der Waals surface area (Å²) < 4.78 is 82.8. The van der Waals surface area contributed by atoms with Gasteiger partial charge in [0, 0.05) is 29.4 Å². The van der Waals surface area contributed by atoms with Crippen LogP contribution < -0.4 is 10.1 Å². The van der Waals surface area contributed by atoms with Crippen LogP contribution in [0.2, 0.25) is 10.0 Å². The number of ether oxygens (including phenoxy) is 1. The van der Waals surface area contributed by atoms with Crippen LogP contribution in [0, 0.1) is 5.82 Å². The van der Waals surface area contributed by atoms with Gasteiger partial charge in [-0.05, 0) is 32.0 Å². The first-order valence-electron chi connectivity index (χ1n) is 9.43. The van der Waals surface area contributed by atoms with Crippen LogP contribution >= 0.6 is 23.2 Å². The lowest BCUT2D eigenvalue weighted by Gasteiger charge is -2.19. The molecule has 0 aliphatic carbocycles. The molecule has 0 radical (unpaired) electrons. The zero-order valence-corrected chi connectivity index (χ0v) is 19.4. The van der Waals surface area contributed by atoms with Crippen LogP contribution in [0.5, 0.6) is 5.75 Å². The molecule has 2 amide bonds. The summed E-state index contributed by atoms with van der Waals surface area (Å²) in [6, 6.07) is 1.49. The molecule has 0 aliphatic heterocycles. The Bertz CT molecular complexity index is 1080. The Morgan fingerprint density at radius 1 is 1.26 bits per heavy atom. The van der Waals surface area contributed by atoms with E-state index in [0.29, 0.717) is 11.9 Å². The number of rotatable bonds is 7. The molecule has 14 heteroatoms. The van der Waals surface area contributed by atoms with Crippen molar-refractivity contribution in [3.05, 3.63) is 46.0 Å². The number of halogens is 8. The van der Waals surface area contributed by atoms with Crippen molar-refractivity contribution in [2.75, 3.05) is 13.7 Å². The maximum atomic E-state index is 14.8. The number of carbonyl (C=O) groups is 1. The molecule has 0 aliphatic rings. The quantitative estimate of drug-likeness (QED) is 0.253. The van der Waals surface area contributed by atoms with E-state index in [9.17, 15) is 31.1 Å². The van der Waals surface area contributed by atoms with E-state index >= 15 is 0 Å². The third kappa shape index (κ3) is 7.13. The highest BCUT2D eigenvalue weighted by molar-refractivity contribution is 6.36. The van der Waals surface area contributed by atoms with Crippen LogP contribution in [0.3, 0.4) is 0 Å². The Morgan fingerprint density at radius 3 is 2.47 bits per heavy atom. The number of aromatic nitrogens is 1. The summed E-state index contributed by atoms with van der Waals surface area (Å²) in [7, 11) is 0.994. The van der Waals surface area contributed by atoms with Crippen molar-refractivity contribution in [2.24, 2.45) is 5.10 Å². The second-order valence-corrected chi connectivity index (χ2v) is 7.78. The lowest BCUT2D eigenvalue weighted by atomic mass is 10.0. The number of amides is 2. The number of pyridine rings is 1. The van der Waals surface area contributed by atoms with E-state index in [1.807, 2.05) is 0 Å². The lowest BCUT2D eigenvalue weighted by Crippen LogP contribution is -2.37. The first-order valence-corrected chi connectivity index (χ1v) is 10.2. The number of carbonyl (C=O) groups excluding carboxylic acids is 1. The van der Waals surface area contributed by atoms with Gasteiger partial charge in [-0.15, -0.1) is 0 Å². The standard InChI is InChI=1S/C20H18Cl2F6N4O2/c1-9(30-19(33)32(3)31-10(2)20(26,27)28)17-15(23)4-11(7-29-17)13-5-12(21)6-14(22)18(13)34-8-16(24)25/h4-7,9,16H,8H2,1-3H3,(H,30,33)/b31-10-. The van der Waals surface area contributed by atoms with Crippen LogP contribution in [-0.4, -0.2) is 48.0 Å². The van der Waals surface area contributed by atoms with E-state index in [2.05, 4.69) is 15.4 Å². The zero-order valence-electron chi connectivity index (χ0n) is 17.9. The van der Waals surface area contributed by atoms with Gasteiger partial charge in [-0.1, -0.05) is 23.2 Å². The largest absolute Gasteiger partial charge is 0.485 e. The van der Waals surface area contributed by atoms with E-state index < -0.39 is 42.8 Å². The van der Waals surface area contributed by atoms with Crippen molar-refractivity contribution < 1.29 is 35.9 Å². The SMILES string of the molecule is C/C(=N/N(C)C(=O)NC(C)c1ncc(-c2cc(Cl)cc(Cl)c2OCC(F)F)cc1F)C(F)(F)F. The molecule has 0 saturated carbocycles. The van der Waals surface area contributed by atoms with Gasteiger partial charge in [-0.2, -0.15) is 18.3 Å². The molecule has 1 aromatic heterocycles. The molecule has 2 rings (SSSR count). The van der Waals surface area contributed by atoms with Crippen molar-refractivity contribution in [1.82, 2.24) is 15.3 Å². The molecule has 1 heterocycles. The minimum atomic E-state index is -4.72. The van der Waals surface area contributed by atoms with Gasteiger partial charge < -0.3 is 10.1 Å². The number of alkyl halides is 5. The number of urea groups is 1. The molecule has 2 aromatic rings. The Morgan fingerprint density at radius 2 is 1.91 bits per heavy atom. The molecule has 0 bridgehead atoms. The summed E-state index contributed by atoms with van der Waals surface area (Å²) in [6.45, 7) is 1.08. The fourth-order valence-corrected chi connectivity index (χ4v) is 3.20. The van der Waals surface area contributed by atoms with Crippen LogP contribution in [0.4, 0.5) is 31.1 Å². The van der Waals surface area contributed by atoms with E-state index in [1.54, 1.807) is 0 Å². The minimum Gasteiger partial charge on any atom is -0.485 e. The Kier molecular flexibility index (Phi) is 9.01. The molecule has 1 unspecified atom stereocenters. The second kappa shape index (κ2) is 11.1. The number of hydrogen-bond donors (Lipinski definition) is 1. The van der Waals surface area contributed by atoms with Gasteiger partial charge in [0.05, 0.1) is 16.8 Å². The second-order valence-electron chi connectivity index (χ2n) is 6.94. The normalized spacial score (nSPS) is 13.1. The smallest absolute Gasteiger partial charge is 0.430 e. The summed E-state index contributed by atoms with van der Waals surface area (Å²) in [5.41, 5.74) is -1.30. The van der Waals surface area contributed by atoms with Gasteiger partial charge >= 0.3 is 12.2 Å². The lowest BCUT2D eigenvalue weighted by molar-refractivity contribution is -0.0602. The van der Waals surface area contributed by atoms with Crippen molar-refractivity contribution in [2.45, 2.75) is 32.5 Å². The fraction of sp³-hybridized carbons (Fsp3) is 0.350. The van der Waals surface area contributed by atoms with Crippen molar-refractivity contribution >= 4 is 34.9 Å². The van der Waals surface area contributed by atoms with E-state index in [-0.39, 0.29) is 32.6 Å². The topological polar surface area (TPSA) is 66.8 Å². The predicted molar refractivity (Wildman–Crippen MR) is 115 cm³/mol. The Labute approximate surface area is 200 Å². The molecular weight excluding hydrogens is 513 g/mol. The monoisotopic (exact) mass is 530 g/mol. The average molecular weight is 531 g/mol. The number of nitrogens with one attached hydrogen (secondary N) is 1. The molecule has 186 valence electrons. The average Bonchev–Trinajstić information content (AvgIpc) is 2.71. The maximum absolute atomic E-state index is 14.8. The van der Waals surface area contributed by atoms with Gasteiger partial charge in [-0.25, -0.2) is 23.0 Å². The highest BCUT2D eigenvalue weighted by Crippen LogP contribution is 2.39. The molecule has 0 saturated heterocycles. The maximum Gasteiger partial charge on any atom is 0.430 e. The number of hydrazone groups is 1. The number of nitrogens with zero attached hydrogens (tertiary/aromatic N) is 3. The summed E-state index contributed by atoms with van der Waals surface area (Å²) in [4.78, 5) is 16.1. The van der Waals surface area contributed by atoms with Gasteiger partial charge in [0.25, 0.3) is 6.43 Å². The molecule has 6 nitrogen and oxygen atoms in total. The first kappa shape index (κ1) is 27.5. The highest BCUT2D eigenvalue weighted by atomic mass is 35.5. The number of benzene rings is 1. The summed E-state index contributed by atoms with van der Waals surface area (Å²) in [5, 5.41) is 5.89. The third-order valence-electron chi connectivity index (χ3n) is 4.30. The minimum absolute atomic E-state index is 0.0778. The molecule has 1 aromatic carbocycles. The molecule has 1 N–H and O–H groups in total. The van der Waals surface area contributed by atoms with Crippen LogP contribution in [-0.2, 0) is 0 Å². The van der Waals surface area contributed by atoms with Crippen molar-refractivity contribution in [3.8, 4) is 16.9 Å². The van der Waals surface area contributed by atoms with Gasteiger partial charge in [-0.3, -0.25) is 4.98 Å². The molecule has 0 fully saturated rings. The zero-order chi connectivity index (χ0) is 25.8. The van der Waals surface area contributed by atoms with Crippen LogP contribution in [0.15, 0.2) is 29.5 Å². The summed E-state index contributed by atoms with van der Waals surface area (Å²) in [5.74, 6) is -1.06. The van der Waals surface area contributed by atoms with E-state index in [1.165, 1.54) is 25.3 Å². The summed E-state index contributed by atoms with van der Waals surface area (Å²) >= 11 is 12.0.